The van der Waals surface area contributed by atoms with Gasteiger partial charge in [-0.3, -0.25) is 0 Å². The summed E-state index contributed by atoms with van der Waals surface area (Å²) >= 11 is 0. The molecule has 0 saturated carbocycles. The number of benzene rings is 2. The Kier molecular flexibility index (Phi) is 5.82. The summed E-state index contributed by atoms with van der Waals surface area (Å²) < 4.78 is 26.8. The molecule has 4 rings (SSSR count). The molecule has 2 aromatic carbocycles. The summed E-state index contributed by atoms with van der Waals surface area (Å²) in [5, 5.41) is 0. The molecule has 0 N–H and O–H groups in total. The highest BCUT2D eigenvalue weighted by Crippen LogP contribution is 2.38. The number of methoxy groups -OCH3 is 3. The number of aromatic nitrogens is 1. The molecule has 0 unspecified atom stereocenters. The average molecular weight is 413 g/mol. The first kappa shape index (κ1) is 20.0. The van der Waals surface area contributed by atoms with Crippen LogP contribution in [-0.4, -0.2) is 33.1 Å². The first-order valence-corrected chi connectivity index (χ1v) is 9.41. The minimum atomic E-state index is 0.237. The highest BCUT2D eigenvalue weighted by atomic mass is 16.7. The first-order chi connectivity index (χ1) is 15.2. The van der Waals surface area contributed by atoms with Gasteiger partial charge in [0, 0.05) is 11.1 Å². The van der Waals surface area contributed by atoms with E-state index in [-0.39, 0.29) is 6.79 Å². The Labute approximate surface area is 180 Å². The molecule has 1 aromatic heterocycles. The second-order valence-electron chi connectivity index (χ2n) is 6.39. The standard InChI is InChI=1S/C25H19NO5/c1-27-23-14-18(15-24(28-2)25(23)29-3)8-11-20-6-4-5-19(26-20)10-7-17-9-12-21-22(13-17)31-16-30-21/h4-6,9,12-15H,16H2,1-3H3. The number of fused-ring (bicyclic) bond motifs is 1. The van der Waals surface area contributed by atoms with Crippen LogP contribution in [0.25, 0.3) is 0 Å². The van der Waals surface area contributed by atoms with E-state index in [1.807, 2.05) is 36.4 Å². The Bertz CT molecular complexity index is 1220. The molecule has 3 aromatic rings. The summed E-state index contributed by atoms with van der Waals surface area (Å²) in [6.07, 6.45) is 0. The van der Waals surface area contributed by atoms with Crippen LogP contribution in [0.2, 0.25) is 0 Å². The Balaban J connectivity index is 1.58. The molecule has 1 aliphatic rings. The van der Waals surface area contributed by atoms with E-state index in [9.17, 15) is 0 Å². The maximum absolute atomic E-state index is 5.38. The number of hydrogen-bond acceptors (Lipinski definition) is 6. The fourth-order valence-electron chi connectivity index (χ4n) is 2.97. The van der Waals surface area contributed by atoms with E-state index in [1.165, 1.54) is 0 Å². The molecule has 154 valence electrons. The zero-order valence-corrected chi connectivity index (χ0v) is 17.3. The van der Waals surface area contributed by atoms with Gasteiger partial charge in [-0.25, -0.2) is 4.98 Å². The molecule has 0 saturated heterocycles. The van der Waals surface area contributed by atoms with Crippen LogP contribution in [0.15, 0.2) is 48.5 Å². The molecule has 1 aliphatic heterocycles. The fraction of sp³-hybridized carbons (Fsp3) is 0.160. The normalized spacial score (nSPS) is 10.9. The lowest BCUT2D eigenvalue weighted by Crippen LogP contribution is -1.95. The molecule has 0 fully saturated rings. The van der Waals surface area contributed by atoms with Crippen LogP contribution in [0.1, 0.15) is 22.5 Å². The molecule has 6 heteroatoms. The maximum atomic E-state index is 5.38. The van der Waals surface area contributed by atoms with Crippen LogP contribution in [0.3, 0.4) is 0 Å². The molecule has 31 heavy (non-hydrogen) atoms. The quantitative estimate of drug-likeness (QED) is 0.611. The van der Waals surface area contributed by atoms with E-state index in [0.29, 0.717) is 39.9 Å². The summed E-state index contributed by atoms with van der Waals surface area (Å²) in [6, 6.07) is 14.7. The van der Waals surface area contributed by atoms with Crippen LogP contribution in [-0.2, 0) is 0 Å². The van der Waals surface area contributed by atoms with Gasteiger partial charge < -0.3 is 23.7 Å². The van der Waals surface area contributed by atoms with Crippen molar-refractivity contribution in [3.05, 3.63) is 71.0 Å². The first-order valence-electron chi connectivity index (χ1n) is 9.41. The second-order valence-corrected chi connectivity index (χ2v) is 6.39. The van der Waals surface area contributed by atoms with Crippen molar-refractivity contribution >= 4 is 0 Å². The van der Waals surface area contributed by atoms with Crippen LogP contribution in [0.5, 0.6) is 28.7 Å². The monoisotopic (exact) mass is 413 g/mol. The van der Waals surface area contributed by atoms with Crippen molar-refractivity contribution in [3.63, 3.8) is 0 Å². The van der Waals surface area contributed by atoms with Crippen LogP contribution in [0.4, 0.5) is 0 Å². The molecular formula is C25H19NO5. The van der Waals surface area contributed by atoms with Crippen molar-refractivity contribution in [2.75, 3.05) is 28.1 Å². The van der Waals surface area contributed by atoms with Crippen molar-refractivity contribution in [2.45, 2.75) is 0 Å². The third kappa shape index (κ3) is 4.49. The summed E-state index contributed by atoms with van der Waals surface area (Å²) in [6.45, 7) is 0.237. The van der Waals surface area contributed by atoms with Crippen molar-refractivity contribution in [2.24, 2.45) is 0 Å². The van der Waals surface area contributed by atoms with Gasteiger partial charge in [0.1, 0.15) is 11.4 Å². The van der Waals surface area contributed by atoms with Gasteiger partial charge in [-0.15, -0.1) is 0 Å². The largest absolute Gasteiger partial charge is 0.493 e. The lowest BCUT2D eigenvalue weighted by Gasteiger charge is -2.12. The third-order valence-electron chi connectivity index (χ3n) is 4.46. The summed E-state index contributed by atoms with van der Waals surface area (Å²) in [7, 11) is 4.70. The Morgan fingerprint density at radius 2 is 1.35 bits per heavy atom. The van der Waals surface area contributed by atoms with Gasteiger partial charge in [-0.2, -0.15) is 0 Å². The van der Waals surface area contributed by atoms with Gasteiger partial charge in [0.2, 0.25) is 12.5 Å². The molecule has 0 amide bonds. The van der Waals surface area contributed by atoms with E-state index in [2.05, 4.69) is 28.7 Å². The Hall–Kier alpha value is -4.29. The number of nitrogens with zero attached hydrogens (tertiary/aromatic N) is 1. The van der Waals surface area contributed by atoms with Gasteiger partial charge in [0.05, 0.1) is 21.3 Å². The highest BCUT2D eigenvalue weighted by Gasteiger charge is 2.13. The van der Waals surface area contributed by atoms with Gasteiger partial charge in [-0.05, 0) is 54.3 Å². The fourth-order valence-corrected chi connectivity index (χ4v) is 2.97. The van der Waals surface area contributed by atoms with Crippen molar-refractivity contribution < 1.29 is 23.7 Å². The smallest absolute Gasteiger partial charge is 0.231 e. The van der Waals surface area contributed by atoms with Crippen LogP contribution >= 0.6 is 0 Å². The van der Waals surface area contributed by atoms with Gasteiger partial charge in [0.25, 0.3) is 0 Å². The number of hydrogen-bond donors (Lipinski definition) is 0. The third-order valence-corrected chi connectivity index (χ3v) is 4.46. The second kappa shape index (κ2) is 9.02. The summed E-state index contributed by atoms with van der Waals surface area (Å²) in [5.74, 6) is 15.3. The van der Waals surface area contributed by atoms with Gasteiger partial charge in [-0.1, -0.05) is 17.9 Å². The highest BCUT2D eigenvalue weighted by molar-refractivity contribution is 5.58. The van der Waals surface area contributed by atoms with E-state index >= 15 is 0 Å². The van der Waals surface area contributed by atoms with E-state index in [0.717, 1.165) is 11.3 Å². The molecule has 0 bridgehead atoms. The number of rotatable bonds is 3. The topological polar surface area (TPSA) is 59.0 Å². The van der Waals surface area contributed by atoms with Gasteiger partial charge in [0.15, 0.2) is 23.0 Å². The van der Waals surface area contributed by atoms with Crippen molar-refractivity contribution in [1.82, 2.24) is 4.98 Å². The summed E-state index contributed by atoms with van der Waals surface area (Å²) in [5.41, 5.74) is 2.76. The maximum Gasteiger partial charge on any atom is 0.231 e. The summed E-state index contributed by atoms with van der Waals surface area (Å²) in [4.78, 5) is 4.50. The van der Waals surface area contributed by atoms with E-state index in [4.69, 9.17) is 23.7 Å². The zero-order chi connectivity index (χ0) is 21.6. The lowest BCUT2D eigenvalue weighted by molar-refractivity contribution is 0.174. The number of pyridine rings is 1. The van der Waals surface area contributed by atoms with Crippen LogP contribution < -0.4 is 23.7 Å². The molecule has 6 nitrogen and oxygen atoms in total. The zero-order valence-electron chi connectivity index (χ0n) is 17.3. The minimum Gasteiger partial charge on any atom is -0.493 e. The predicted octanol–water partition coefficient (Wildman–Crippen LogP) is 3.64. The molecule has 0 atom stereocenters. The molecule has 0 aliphatic carbocycles. The van der Waals surface area contributed by atoms with Crippen LogP contribution in [0, 0.1) is 23.7 Å². The molecule has 0 spiro atoms. The SMILES string of the molecule is COc1cc(C#Cc2cccc(C#Cc3ccc4c(c3)OCO4)n2)cc(OC)c1OC. The van der Waals surface area contributed by atoms with Crippen molar-refractivity contribution in [1.29, 1.82) is 0 Å². The van der Waals surface area contributed by atoms with Gasteiger partial charge >= 0.3 is 0 Å². The number of ether oxygens (including phenoxy) is 5. The van der Waals surface area contributed by atoms with Crippen molar-refractivity contribution in [3.8, 4) is 52.4 Å². The average Bonchev–Trinajstić information content (AvgIpc) is 3.29. The van der Waals surface area contributed by atoms with E-state index in [1.54, 1.807) is 33.5 Å². The lowest BCUT2D eigenvalue weighted by atomic mass is 10.1. The molecule has 2 heterocycles. The molecular weight excluding hydrogens is 394 g/mol. The Morgan fingerprint density at radius 1 is 0.710 bits per heavy atom. The molecule has 0 radical (unpaired) electrons. The minimum absolute atomic E-state index is 0.237. The predicted molar refractivity (Wildman–Crippen MR) is 115 cm³/mol. The Morgan fingerprint density at radius 3 is 2.00 bits per heavy atom. The van der Waals surface area contributed by atoms with E-state index < -0.39 is 0 Å².